The third-order valence-corrected chi connectivity index (χ3v) is 6.35. The Morgan fingerprint density at radius 3 is 2.59 bits per heavy atom. The van der Waals surface area contributed by atoms with Crippen LogP contribution in [0.4, 0.5) is 0 Å². The number of para-hydroxylation sites is 1. The second kappa shape index (κ2) is 12.8. The minimum Gasteiger partial charge on any atom is -0.489 e. The van der Waals surface area contributed by atoms with E-state index in [1.165, 1.54) is 18.9 Å². The SMILES string of the molecule is C=CCOc1ccccc1CN1C[C@@H](n2nnc(C(=O)OC)c2C(=O)OC)C[C@H]1C(=O)NCc1ccccn1. The number of pyridine rings is 1. The lowest BCUT2D eigenvalue weighted by Gasteiger charge is -2.24. The average Bonchev–Trinajstić information content (AvgIpc) is 3.60. The van der Waals surface area contributed by atoms with Crippen LogP contribution in [0.3, 0.4) is 0 Å². The van der Waals surface area contributed by atoms with Crippen molar-refractivity contribution in [2.75, 3.05) is 27.4 Å². The highest BCUT2D eigenvalue weighted by Gasteiger charge is 2.41. The first kappa shape index (κ1) is 27.5. The van der Waals surface area contributed by atoms with Gasteiger partial charge >= 0.3 is 11.9 Å². The average molecular weight is 535 g/mol. The van der Waals surface area contributed by atoms with Crippen molar-refractivity contribution in [3.8, 4) is 5.75 Å². The number of rotatable bonds is 11. The number of ether oxygens (including phenoxy) is 3. The highest BCUT2D eigenvalue weighted by atomic mass is 16.5. The molecule has 39 heavy (non-hydrogen) atoms. The number of esters is 2. The summed E-state index contributed by atoms with van der Waals surface area (Å²) in [6, 6.07) is 12.0. The van der Waals surface area contributed by atoms with Crippen molar-refractivity contribution >= 4 is 17.8 Å². The summed E-state index contributed by atoms with van der Waals surface area (Å²) in [5, 5.41) is 10.9. The van der Waals surface area contributed by atoms with E-state index in [9.17, 15) is 14.4 Å². The lowest BCUT2D eigenvalue weighted by Crippen LogP contribution is -2.42. The highest BCUT2D eigenvalue weighted by Crippen LogP contribution is 2.32. The van der Waals surface area contributed by atoms with Gasteiger partial charge in [-0.25, -0.2) is 14.3 Å². The number of likely N-dealkylation sites (tertiary alicyclic amines) is 1. The summed E-state index contributed by atoms with van der Waals surface area (Å²) in [6.45, 7) is 5.03. The van der Waals surface area contributed by atoms with Crippen LogP contribution in [0.5, 0.6) is 5.75 Å². The van der Waals surface area contributed by atoms with Crippen molar-refractivity contribution in [2.45, 2.75) is 31.6 Å². The number of aromatic nitrogens is 4. The van der Waals surface area contributed by atoms with Crippen LogP contribution in [-0.2, 0) is 27.4 Å². The van der Waals surface area contributed by atoms with E-state index in [2.05, 4.69) is 27.2 Å². The quantitative estimate of drug-likeness (QED) is 0.287. The van der Waals surface area contributed by atoms with Gasteiger partial charge in [0.25, 0.3) is 0 Å². The molecular formula is C27H30N6O6. The molecule has 3 aromatic rings. The van der Waals surface area contributed by atoms with E-state index < -0.39 is 24.0 Å². The molecule has 0 spiro atoms. The zero-order chi connectivity index (χ0) is 27.8. The molecule has 2 atom stereocenters. The Kier molecular flexibility index (Phi) is 9.00. The van der Waals surface area contributed by atoms with Crippen LogP contribution in [0.1, 0.15) is 44.7 Å². The van der Waals surface area contributed by atoms with Gasteiger partial charge < -0.3 is 19.5 Å². The van der Waals surface area contributed by atoms with Crippen molar-refractivity contribution in [1.82, 2.24) is 30.2 Å². The zero-order valence-corrected chi connectivity index (χ0v) is 21.8. The van der Waals surface area contributed by atoms with Crippen molar-refractivity contribution in [3.05, 3.63) is 84.0 Å². The van der Waals surface area contributed by atoms with Gasteiger partial charge in [-0.2, -0.15) is 0 Å². The maximum atomic E-state index is 13.5. The number of nitrogens with zero attached hydrogens (tertiary/aromatic N) is 5. The molecule has 4 rings (SSSR count). The van der Waals surface area contributed by atoms with Gasteiger partial charge in [0.05, 0.1) is 38.5 Å². The van der Waals surface area contributed by atoms with Gasteiger partial charge in [-0.1, -0.05) is 42.1 Å². The van der Waals surface area contributed by atoms with Crippen LogP contribution in [0.2, 0.25) is 0 Å². The molecule has 0 unspecified atom stereocenters. The Morgan fingerprint density at radius 2 is 1.87 bits per heavy atom. The Labute approximate surface area is 225 Å². The molecule has 0 radical (unpaired) electrons. The maximum absolute atomic E-state index is 13.5. The van der Waals surface area contributed by atoms with Gasteiger partial charge in [0, 0.05) is 24.8 Å². The van der Waals surface area contributed by atoms with Gasteiger partial charge in [0.15, 0.2) is 5.69 Å². The molecule has 1 fully saturated rings. The molecule has 0 aliphatic carbocycles. The Bertz CT molecular complexity index is 1330. The molecule has 1 aliphatic heterocycles. The molecule has 2 aromatic heterocycles. The van der Waals surface area contributed by atoms with E-state index in [0.717, 1.165) is 11.3 Å². The van der Waals surface area contributed by atoms with Gasteiger partial charge in [-0.05, 0) is 24.6 Å². The minimum absolute atomic E-state index is 0.126. The van der Waals surface area contributed by atoms with Crippen LogP contribution >= 0.6 is 0 Å². The van der Waals surface area contributed by atoms with E-state index in [4.69, 9.17) is 14.2 Å². The number of nitrogens with one attached hydrogen (secondary N) is 1. The normalized spacial score (nSPS) is 16.9. The van der Waals surface area contributed by atoms with Crippen molar-refractivity contribution in [2.24, 2.45) is 0 Å². The number of hydrogen-bond acceptors (Lipinski definition) is 10. The minimum atomic E-state index is -0.811. The van der Waals surface area contributed by atoms with E-state index in [1.54, 1.807) is 18.3 Å². The largest absolute Gasteiger partial charge is 0.489 e. The van der Waals surface area contributed by atoms with Crippen LogP contribution in [0.15, 0.2) is 61.3 Å². The summed E-state index contributed by atoms with van der Waals surface area (Å²) in [5.41, 5.74) is 1.23. The molecule has 12 nitrogen and oxygen atoms in total. The van der Waals surface area contributed by atoms with Crippen LogP contribution in [0.25, 0.3) is 0 Å². The van der Waals surface area contributed by atoms with E-state index in [-0.39, 0.29) is 23.8 Å². The Morgan fingerprint density at radius 1 is 1.10 bits per heavy atom. The van der Waals surface area contributed by atoms with Crippen molar-refractivity contribution in [3.63, 3.8) is 0 Å². The van der Waals surface area contributed by atoms with Gasteiger partial charge in [0.2, 0.25) is 11.6 Å². The summed E-state index contributed by atoms with van der Waals surface area (Å²) in [6.07, 6.45) is 3.63. The van der Waals surface area contributed by atoms with E-state index in [0.29, 0.717) is 31.9 Å². The third-order valence-electron chi connectivity index (χ3n) is 6.35. The summed E-state index contributed by atoms with van der Waals surface area (Å²) >= 11 is 0. The van der Waals surface area contributed by atoms with Crippen LogP contribution < -0.4 is 10.1 Å². The number of hydrogen-bond donors (Lipinski definition) is 1. The second-order valence-corrected chi connectivity index (χ2v) is 8.80. The Balaban J connectivity index is 1.63. The van der Waals surface area contributed by atoms with E-state index >= 15 is 0 Å². The first-order chi connectivity index (χ1) is 19.0. The standard InChI is InChI=1S/C27H30N6O6/c1-4-13-39-22-11-6-5-9-18(22)16-32-17-20(14-21(32)25(34)29-15-19-10-7-8-12-28-19)33-24(27(36)38-3)23(30-31-33)26(35)37-2/h4-12,20-21H,1,13-17H2,2-3H3,(H,29,34)/t20-,21-/m0/s1. The lowest BCUT2D eigenvalue weighted by molar-refractivity contribution is -0.125. The fraction of sp³-hybridized carbons (Fsp3) is 0.333. The second-order valence-electron chi connectivity index (χ2n) is 8.80. The van der Waals surface area contributed by atoms with Gasteiger partial charge in [-0.3, -0.25) is 14.7 Å². The molecule has 1 saturated heterocycles. The molecule has 0 bridgehead atoms. The smallest absolute Gasteiger partial charge is 0.361 e. The fourth-order valence-electron chi connectivity index (χ4n) is 4.52. The fourth-order valence-corrected chi connectivity index (χ4v) is 4.52. The predicted molar refractivity (Wildman–Crippen MR) is 139 cm³/mol. The van der Waals surface area contributed by atoms with E-state index in [1.807, 2.05) is 41.3 Å². The van der Waals surface area contributed by atoms with Gasteiger partial charge in [-0.15, -0.1) is 5.10 Å². The van der Waals surface area contributed by atoms with Crippen molar-refractivity contribution < 1.29 is 28.6 Å². The Hall–Kier alpha value is -4.58. The summed E-state index contributed by atoms with van der Waals surface area (Å²) in [4.78, 5) is 44.6. The number of methoxy groups -OCH3 is 2. The zero-order valence-electron chi connectivity index (χ0n) is 21.8. The molecule has 204 valence electrons. The number of carbonyl (C=O) groups is 3. The molecule has 0 saturated carbocycles. The number of amides is 1. The molecule has 3 heterocycles. The molecule has 1 aliphatic rings. The van der Waals surface area contributed by atoms with Crippen LogP contribution in [-0.4, -0.2) is 76.1 Å². The molecule has 1 N–H and O–H groups in total. The summed E-state index contributed by atoms with van der Waals surface area (Å²) < 4.78 is 16.8. The summed E-state index contributed by atoms with van der Waals surface area (Å²) in [7, 11) is 2.39. The predicted octanol–water partition coefficient (Wildman–Crippen LogP) is 1.94. The molecule has 1 aromatic carbocycles. The first-order valence-electron chi connectivity index (χ1n) is 12.3. The molecule has 12 heteroatoms. The lowest BCUT2D eigenvalue weighted by atomic mass is 10.1. The van der Waals surface area contributed by atoms with Crippen LogP contribution in [0, 0.1) is 0 Å². The third kappa shape index (κ3) is 6.29. The molecule has 1 amide bonds. The topological polar surface area (TPSA) is 138 Å². The van der Waals surface area contributed by atoms with Gasteiger partial charge in [0.1, 0.15) is 12.4 Å². The van der Waals surface area contributed by atoms with Crippen molar-refractivity contribution in [1.29, 1.82) is 0 Å². The number of benzene rings is 1. The molecular weight excluding hydrogens is 504 g/mol. The maximum Gasteiger partial charge on any atom is 0.361 e. The summed E-state index contributed by atoms with van der Waals surface area (Å²) in [5.74, 6) is -1.12. The number of carbonyl (C=O) groups excluding carboxylic acids is 3. The monoisotopic (exact) mass is 534 g/mol. The first-order valence-corrected chi connectivity index (χ1v) is 12.3. The highest BCUT2D eigenvalue weighted by molar-refractivity contribution is 6.00.